The van der Waals surface area contributed by atoms with Crippen LogP contribution in [0.4, 0.5) is 0 Å². The molecule has 2 aromatic rings. The summed E-state index contributed by atoms with van der Waals surface area (Å²) in [4.78, 5) is 31.7. The van der Waals surface area contributed by atoms with Crippen molar-refractivity contribution in [3.63, 3.8) is 0 Å². The molecule has 11 heteroatoms. The Balaban J connectivity index is 1.24. The van der Waals surface area contributed by atoms with Crippen LogP contribution in [0.25, 0.3) is 0 Å². The fourth-order valence-electron chi connectivity index (χ4n) is 6.91. The van der Waals surface area contributed by atoms with Crippen molar-refractivity contribution in [1.82, 2.24) is 25.2 Å². The molecule has 5 rings (SSSR count). The van der Waals surface area contributed by atoms with Gasteiger partial charge in [-0.1, -0.05) is 80.1 Å². The smallest absolute Gasteiger partial charge is 0.245 e. The maximum Gasteiger partial charge on any atom is 0.245 e. The van der Waals surface area contributed by atoms with Gasteiger partial charge in [-0.05, 0) is 47.6 Å². The quantitative estimate of drug-likeness (QED) is 0.347. The van der Waals surface area contributed by atoms with Gasteiger partial charge in [0.15, 0.2) is 0 Å². The first-order valence-electron chi connectivity index (χ1n) is 16.0. The van der Waals surface area contributed by atoms with Crippen molar-refractivity contribution in [2.45, 2.75) is 76.0 Å². The van der Waals surface area contributed by atoms with Crippen molar-refractivity contribution in [2.24, 2.45) is 5.92 Å². The lowest BCUT2D eigenvalue weighted by molar-refractivity contribution is -0.138. The van der Waals surface area contributed by atoms with Gasteiger partial charge < -0.3 is 15.5 Å². The highest BCUT2D eigenvalue weighted by atomic mass is 35.5. The fourth-order valence-corrected chi connectivity index (χ4v) is 7.53. The van der Waals surface area contributed by atoms with Crippen molar-refractivity contribution >= 4 is 33.4 Å². The highest BCUT2D eigenvalue weighted by Gasteiger charge is 2.34. The number of amides is 2. The third-order valence-electron chi connectivity index (χ3n) is 9.42. The molecule has 0 radical (unpaired) electrons. The molecule has 2 aliphatic heterocycles. The predicted octanol–water partition coefficient (Wildman–Crippen LogP) is 3.11. The van der Waals surface area contributed by atoms with Crippen LogP contribution >= 0.6 is 11.6 Å². The fraction of sp³-hybridized carbons (Fsp3) is 0.576. The number of benzene rings is 2. The number of nitrogens with zero attached hydrogens (tertiary/aromatic N) is 2. The van der Waals surface area contributed by atoms with E-state index in [4.69, 9.17) is 11.6 Å². The molecule has 240 valence electrons. The zero-order valence-electron chi connectivity index (χ0n) is 25.6. The first-order chi connectivity index (χ1) is 21.1. The van der Waals surface area contributed by atoms with E-state index in [0.717, 1.165) is 17.5 Å². The maximum absolute atomic E-state index is 14.0. The number of fused-ring (bicyclic) bond motifs is 1. The van der Waals surface area contributed by atoms with Gasteiger partial charge in [-0.15, -0.1) is 0 Å². The molecular weight excluding hydrogens is 598 g/mol. The monoisotopic (exact) mass is 643 g/mol. The van der Waals surface area contributed by atoms with Crippen molar-refractivity contribution in [3.8, 4) is 0 Å². The number of sulfonamides is 1. The molecule has 1 aliphatic carbocycles. The van der Waals surface area contributed by atoms with Gasteiger partial charge in [0, 0.05) is 56.8 Å². The van der Waals surface area contributed by atoms with Crippen LogP contribution in [0, 0.1) is 5.92 Å². The molecular formula is C33H46ClN5O4S. The van der Waals surface area contributed by atoms with E-state index in [1.807, 2.05) is 29.2 Å². The third-order valence-corrected chi connectivity index (χ3v) is 10.4. The zero-order valence-corrected chi connectivity index (χ0v) is 27.2. The number of halogens is 1. The number of carbonyl (C=O) groups excluding carboxylic acids is 2. The van der Waals surface area contributed by atoms with Gasteiger partial charge >= 0.3 is 0 Å². The van der Waals surface area contributed by atoms with Crippen LogP contribution in [0.3, 0.4) is 0 Å². The zero-order chi connectivity index (χ0) is 31.1. The van der Waals surface area contributed by atoms with Crippen LogP contribution in [0.2, 0.25) is 5.02 Å². The number of nitrogens with one attached hydrogen (secondary N) is 3. The highest BCUT2D eigenvalue weighted by molar-refractivity contribution is 7.88. The average Bonchev–Trinajstić information content (AvgIpc) is 3.03. The summed E-state index contributed by atoms with van der Waals surface area (Å²) in [5.41, 5.74) is 3.26. The largest absolute Gasteiger partial charge is 0.343 e. The normalized spacial score (nSPS) is 21.3. The van der Waals surface area contributed by atoms with E-state index in [1.165, 1.54) is 43.9 Å². The van der Waals surface area contributed by atoms with Crippen LogP contribution in [-0.2, 0) is 39.0 Å². The van der Waals surface area contributed by atoms with E-state index in [-0.39, 0.29) is 17.9 Å². The first kappa shape index (κ1) is 32.9. The summed E-state index contributed by atoms with van der Waals surface area (Å²) in [7, 11) is -3.30. The van der Waals surface area contributed by atoms with Crippen LogP contribution < -0.4 is 15.4 Å². The Morgan fingerprint density at radius 3 is 2.34 bits per heavy atom. The van der Waals surface area contributed by atoms with Crippen molar-refractivity contribution in [2.75, 3.05) is 39.0 Å². The Labute approximate surface area is 267 Å². The summed E-state index contributed by atoms with van der Waals surface area (Å²) in [6.45, 7) is 3.38. The SMILES string of the molecule is CS(=O)(=O)NCC(CC1CCCCC1)N1CCN(C(=O)C(Cc2ccc(Cl)cc2)NC(=O)C2Cc3ccccc3CN2)CC1. The molecule has 0 spiro atoms. The highest BCUT2D eigenvalue weighted by Crippen LogP contribution is 2.29. The molecule has 2 heterocycles. The van der Waals surface area contributed by atoms with E-state index >= 15 is 0 Å². The molecule has 3 atom stereocenters. The molecule has 44 heavy (non-hydrogen) atoms. The molecule has 2 amide bonds. The Morgan fingerprint density at radius 1 is 0.977 bits per heavy atom. The Morgan fingerprint density at radius 2 is 1.66 bits per heavy atom. The van der Waals surface area contributed by atoms with Crippen molar-refractivity contribution in [3.05, 3.63) is 70.2 Å². The third kappa shape index (κ3) is 9.26. The van der Waals surface area contributed by atoms with E-state index in [2.05, 4.69) is 32.4 Å². The van der Waals surface area contributed by atoms with Crippen LogP contribution in [0.1, 0.15) is 55.2 Å². The van der Waals surface area contributed by atoms with Crippen molar-refractivity contribution < 1.29 is 18.0 Å². The summed E-state index contributed by atoms with van der Waals surface area (Å²) >= 11 is 6.11. The standard InChI is InChI=1S/C33H46ClN5O4S/c1-44(42,43)36-23-29(19-24-7-3-2-4-8-24)38-15-17-39(18-16-38)33(41)31(20-25-11-13-28(34)14-12-25)37-32(40)30-21-26-9-5-6-10-27(26)22-35-30/h5-6,9-14,24,29-31,35-36H,2-4,7-8,15-23H2,1H3,(H,37,40). The minimum Gasteiger partial charge on any atom is -0.343 e. The topological polar surface area (TPSA) is 111 Å². The van der Waals surface area contributed by atoms with E-state index in [0.29, 0.717) is 63.1 Å². The molecule has 3 aliphatic rings. The lowest BCUT2D eigenvalue weighted by Crippen LogP contribution is -2.59. The van der Waals surface area contributed by atoms with Gasteiger partial charge in [0.25, 0.3) is 0 Å². The van der Waals surface area contributed by atoms with Gasteiger partial charge in [-0.2, -0.15) is 0 Å². The van der Waals surface area contributed by atoms with Crippen LogP contribution in [0.5, 0.6) is 0 Å². The van der Waals surface area contributed by atoms with Crippen molar-refractivity contribution in [1.29, 1.82) is 0 Å². The van der Waals surface area contributed by atoms with E-state index in [1.54, 1.807) is 12.1 Å². The Bertz CT molecular complexity index is 1370. The Hall–Kier alpha value is -2.50. The average molecular weight is 644 g/mol. The number of rotatable bonds is 11. The number of hydrogen-bond donors (Lipinski definition) is 3. The van der Waals surface area contributed by atoms with Crippen LogP contribution in [0.15, 0.2) is 48.5 Å². The second-order valence-corrected chi connectivity index (χ2v) is 14.9. The molecule has 3 unspecified atom stereocenters. The molecule has 0 aromatic heterocycles. The maximum atomic E-state index is 14.0. The first-order valence-corrected chi connectivity index (χ1v) is 18.2. The van der Waals surface area contributed by atoms with Gasteiger partial charge in [0.1, 0.15) is 6.04 Å². The Kier molecular flexibility index (Phi) is 11.4. The summed E-state index contributed by atoms with van der Waals surface area (Å²) in [5.74, 6) is 0.334. The molecule has 2 aromatic carbocycles. The summed E-state index contributed by atoms with van der Waals surface area (Å²) < 4.78 is 26.6. The van der Waals surface area contributed by atoms with Gasteiger partial charge in [0.2, 0.25) is 21.8 Å². The molecule has 1 saturated carbocycles. The molecule has 9 nitrogen and oxygen atoms in total. The van der Waals surface area contributed by atoms with Gasteiger partial charge in [0.05, 0.1) is 12.3 Å². The number of hydrogen-bond acceptors (Lipinski definition) is 6. The van der Waals surface area contributed by atoms with E-state index in [9.17, 15) is 18.0 Å². The number of carbonyl (C=O) groups is 2. The summed E-state index contributed by atoms with van der Waals surface area (Å²) in [5, 5.41) is 7.04. The lowest BCUT2D eigenvalue weighted by Gasteiger charge is -2.41. The van der Waals surface area contributed by atoms with Gasteiger partial charge in [-0.25, -0.2) is 13.1 Å². The lowest BCUT2D eigenvalue weighted by atomic mass is 9.84. The van der Waals surface area contributed by atoms with E-state index < -0.39 is 22.1 Å². The minimum atomic E-state index is -3.30. The second kappa shape index (κ2) is 15.2. The summed E-state index contributed by atoms with van der Waals surface area (Å²) in [6.07, 6.45) is 9.26. The van der Waals surface area contributed by atoms with Gasteiger partial charge in [-0.3, -0.25) is 14.5 Å². The second-order valence-electron chi connectivity index (χ2n) is 12.7. The number of piperazine rings is 1. The molecule has 2 fully saturated rings. The predicted molar refractivity (Wildman–Crippen MR) is 174 cm³/mol. The minimum absolute atomic E-state index is 0.0925. The molecule has 0 bridgehead atoms. The summed E-state index contributed by atoms with van der Waals surface area (Å²) in [6, 6.07) is 14.5. The molecule has 1 saturated heterocycles. The van der Waals surface area contributed by atoms with Crippen LogP contribution in [-0.4, -0.2) is 87.1 Å². The molecule has 3 N–H and O–H groups in total.